The summed E-state index contributed by atoms with van der Waals surface area (Å²) in [5.74, 6) is 3.53. The van der Waals surface area contributed by atoms with E-state index in [0.717, 1.165) is 18.8 Å². The number of thioether (sulfide) groups is 1. The molecule has 0 saturated carbocycles. The van der Waals surface area contributed by atoms with E-state index in [1.165, 1.54) is 34.9 Å². The number of non-ortho nitro benzene ring substituents is 1. The van der Waals surface area contributed by atoms with Gasteiger partial charge in [-0.15, -0.1) is 0 Å². The Morgan fingerprint density at radius 3 is 2.60 bits per heavy atom. The molecular weight excluding hydrogens is 398 g/mol. The SMILES string of the molecule is Cc1cc(NCc2ccc(N3CCSCC3)cc2)nc(-c2cccc([N+](=O)[O-])c2)n1. The average Bonchev–Trinajstić information content (AvgIpc) is 2.78. The lowest BCUT2D eigenvalue weighted by atomic mass is 10.2. The lowest BCUT2D eigenvalue weighted by molar-refractivity contribution is -0.384. The molecule has 0 unspecified atom stereocenters. The quantitative estimate of drug-likeness (QED) is 0.462. The molecule has 0 atom stereocenters. The minimum absolute atomic E-state index is 0.0273. The van der Waals surface area contributed by atoms with Gasteiger partial charge < -0.3 is 10.2 Å². The number of aryl methyl sites for hydroxylation is 1. The number of aromatic nitrogens is 2. The van der Waals surface area contributed by atoms with Crippen LogP contribution < -0.4 is 10.2 Å². The molecule has 1 aliphatic heterocycles. The molecule has 1 N–H and O–H groups in total. The first-order chi connectivity index (χ1) is 14.6. The minimum atomic E-state index is -0.412. The van der Waals surface area contributed by atoms with Gasteiger partial charge in [-0.25, -0.2) is 9.97 Å². The van der Waals surface area contributed by atoms with Gasteiger partial charge in [-0.2, -0.15) is 11.8 Å². The zero-order chi connectivity index (χ0) is 20.9. The van der Waals surface area contributed by atoms with Crippen molar-refractivity contribution in [3.8, 4) is 11.4 Å². The highest BCUT2D eigenvalue weighted by atomic mass is 32.2. The van der Waals surface area contributed by atoms with Crippen molar-refractivity contribution < 1.29 is 4.92 Å². The Bertz CT molecular complexity index is 1040. The third-order valence-corrected chi connectivity index (χ3v) is 5.90. The highest BCUT2D eigenvalue weighted by Gasteiger charge is 2.12. The molecule has 0 spiro atoms. The summed E-state index contributed by atoms with van der Waals surface area (Å²) >= 11 is 2.01. The molecule has 0 aliphatic carbocycles. The number of nitrogens with zero attached hydrogens (tertiary/aromatic N) is 4. The average molecular weight is 422 g/mol. The van der Waals surface area contributed by atoms with Gasteiger partial charge in [-0.1, -0.05) is 24.3 Å². The Labute approximate surface area is 179 Å². The normalized spacial score (nSPS) is 13.8. The standard InChI is InChI=1S/C22H23N5O2S/c1-16-13-21(25-22(24-16)18-3-2-4-20(14-18)27(28)29)23-15-17-5-7-19(8-6-17)26-9-11-30-12-10-26/h2-8,13-14H,9-12,15H2,1H3,(H,23,24,25). The molecule has 2 aromatic carbocycles. The third kappa shape index (κ3) is 4.88. The van der Waals surface area contributed by atoms with E-state index in [1.807, 2.05) is 24.8 Å². The molecule has 30 heavy (non-hydrogen) atoms. The lowest BCUT2D eigenvalue weighted by Gasteiger charge is -2.28. The fourth-order valence-electron chi connectivity index (χ4n) is 3.39. The molecule has 154 valence electrons. The van der Waals surface area contributed by atoms with Crippen LogP contribution in [0, 0.1) is 17.0 Å². The van der Waals surface area contributed by atoms with Crippen LogP contribution >= 0.6 is 11.8 Å². The summed E-state index contributed by atoms with van der Waals surface area (Å²) in [6.07, 6.45) is 0. The molecule has 2 heterocycles. The van der Waals surface area contributed by atoms with Crippen molar-refractivity contribution in [1.82, 2.24) is 9.97 Å². The van der Waals surface area contributed by atoms with E-state index in [2.05, 4.69) is 44.5 Å². The Morgan fingerprint density at radius 2 is 1.87 bits per heavy atom. The van der Waals surface area contributed by atoms with E-state index < -0.39 is 4.92 Å². The Kier molecular flexibility index (Phi) is 6.13. The van der Waals surface area contributed by atoms with Crippen LogP contribution in [0.3, 0.4) is 0 Å². The van der Waals surface area contributed by atoms with Gasteiger partial charge in [0.1, 0.15) is 5.82 Å². The van der Waals surface area contributed by atoms with Crippen LogP contribution in [-0.2, 0) is 6.54 Å². The Morgan fingerprint density at radius 1 is 1.10 bits per heavy atom. The molecule has 7 nitrogen and oxygen atoms in total. The van der Waals surface area contributed by atoms with Crippen LogP contribution in [-0.4, -0.2) is 39.5 Å². The number of rotatable bonds is 6. The van der Waals surface area contributed by atoms with Crippen LogP contribution in [0.25, 0.3) is 11.4 Å². The molecule has 0 radical (unpaired) electrons. The maximum absolute atomic E-state index is 11.1. The number of benzene rings is 2. The second kappa shape index (κ2) is 9.13. The summed E-state index contributed by atoms with van der Waals surface area (Å²) in [6.45, 7) is 4.73. The van der Waals surface area contributed by atoms with Crippen molar-refractivity contribution in [3.05, 3.63) is 76.0 Å². The van der Waals surface area contributed by atoms with Gasteiger partial charge in [0, 0.05) is 66.3 Å². The number of hydrogen-bond acceptors (Lipinski definition) is 7. The van der Waals surface area contributed by atoms with Crippen molar-refractivity contribution in [3.63, 3.8) is 0 Å². The van der Waals surface area contributed by atoms with E-state index in [9.17, 15) is 10.1 Å². The molecule has 0 amide bonds. The number of anilines is 2. The smallest absolute Gasteiger partial charge is 0.270 e. The largest absolute Gasteiger partial charge is 0.370 e. The van der Waals surface area contributed by atoms with Crippen molar-refractivity contribution in [1.29, 1.82) is 0 Å². The van der Waals surface area contributed by atoms with Crippen molar-refractivity contribution in [2.45, 2.75) is 13.5 Å². The lowest BCUT2D eigenvalue weighted by Crippen LogP contribution is -2.32. The van der Waals surface area contributed by atoms with Gasteiger partial charge >= 0.3 is 0 Å². The van der Waals surface area contributed by atoms with Crippen molar-refractivity contribution in [2.24, 2.45) is 0 Å². The highest BCUT2D eigenvalue weighted by molar-refractivity contribution is 7.99. The van der Waals surface area contributed by atoms with E-state index in [-0.39, 0.29) is 5.69 Å². The third-order valence-electron chi connectivity index (χ3n) is 4.96. The number of nitro groups is 1. The van der Waals surface area contributed by atoms with Crippen LogP contribution in [0.1, 0.15) is 11.3 Å². The Hall–Kier alpha value is -3.13. The van der Waals surface area contributed by atoms with Crippen molar-refractivity contribution >= 4 is 29.0 Å². The van der Waals surface area contributed by atoms with Gasteiger partial charge in [0.15, 0.2) is 5.82 Å². The molecule has 1 aliphatic rings. The van der Waals surface area contributed by atoms with Crippen LogP contribution in [0.5, 0.6) is 0 Å². The first kappa shape index (κ1) is 20.2. The van der Waals surface area contributed by atoms with Gasteiger partial charge in [0.25, 0.3) is 5.69 Å². The highest BCUT2D eigenvalue weighted by Crippen LogP contribution is 2.23. The molecule has 4 rings (SSSR count). The van der Waals surface area contributed by atoms with Crippen LogP contribution in [0.2, 0.25) is 0 Å². The van der Waals surface area contributed by atoms with Crippen LogP contribution in [0.4, 0.5) is 17.2 Å². The van der Waals surface area contributed by atoms with Gasteiger partial charge in [0.05, 0.1) is 4.92 Å². The topological polar surface area (TPSA) is 84.2 Å². The molecule has 1 aromatic heterocycles. The molecule has 8 heteroatoms. The summed E-state index contributed by atoms with van der Waals surface area (Å²) in [5.41, 5.74) is 3.88. The maximum atomic E-state index is 11.1. The molecule has 3 aromatic rings. The predicted molar refractivity (Wildman–Crippen MR) is 122 cm³/mol. The van der Waals surface area contributed by atoms with E-state index in [0.29, 0.717) is 23.8 Å². The molecular formula is C22H23N5O2S. The first-order valence-corrected chi connectivity index (χ1v) is 11.0. The number of nitro benzene ring substituents is 1. The van der Waals surface area contributed by atoms with E-state index in [1.54, 1.807) is 12.1 Å². The maximum Gasteiger partial charge on any atom is 0.270 e. The summed E-state index contributed by atoms with van der Waals surface area (Å²) in [7, 11) is 0. The fourth-order valence-corrected chi connectivity index (χ4v) is 4.29. The second-order valence-electron chi connectivity index (χ2n) is 7.15. The summed E-state index contributed by atoms with van der Waals surface area (Å²) in [5, 5.41) is 14.4. The number of nitrogens with one attached hydrogen (secondary N) is 1. The van der Waals surface area contributed by atoms with Crippen molar-refractivity contribution in [2.75, 3.05) is 34.8 Å². The van der Waals surface area contributed by atoms with Gasteiger partial charge in [0.2, 0.25) is 0 Å². The summed E-state index contributed by atoms with van der Waals surface area (Å²) in [4.78, 5) is 22.1. The molecule has 0 bridgehead atoms. The minimum Gasteiger partial charge on any atom is -0.370 e. The first-order valence-electron chi connectivity index (χ1n) is 9.84. The molecule has 1 saturated heterocycles. The fraction of sp³-hybridized carbons (Fsp3) is 0.273. The van der Waals surface area contributed by atoms with Crippen LogP contribution in [0.15, 0.2) is 54.6 Å². The van der Waals surface area contributed by atoms with E-state index >= 15 is 0 Å². The van der Waals surface area contributed by atoms with E-state index in [4.69, 9.17) is 0 Å². The van der Waals surface area contributed by atoms with Gasteiger partial charge in [-0.05, 0) is 24.6 Å². The summed E-state index contributed by atoms with van der Waals surface area (Å²) < 4.78 is 0. The predicted octanol–water partition coefficient (Wildman–Crippen LogP) is 4.53. The zero-order valence-electron chi connectivity index (χ0n) is 16.7. The second-order valence-corrected chi connectivity index (χ2v) is 8.37. The molecule has 1 fully saturated rings. The summed E-state index contributed by atoms with van der Waals surface area (Å²) in [6, 6.07) is 16.9. The monoisotopic (exact) mass is 421 g/mol. The Balaban J connectivity index is 1.46. The van der Waals surface area contributed by atoms with Gasteiger partial charge in [-0.3, -0.25) is 10.1 Å². The zero-order valence-corrected chi connectivity index (χ0v) is 17.6. The number of hydrogen-bond donors (Lipinski definition) is 1.